The maximum atomic E-state index is 5.75. The molecule has 2 aliphatic heterocycles. The molecule has 4 heterocycles. The van der Waals surface area contributed by atoms with E-state index in [-0.39, 0.29) is 12.4 Å². The molecule has 2 aromatic rings. The van der Waals surface area contributed by atoms with E-state index in [1.807, 2.05) is 26.0 Å². The van der Waals surface area contributed by atoms with Crippen molar-refractivity contribution in [2.24, 2.45) is 0 Å². The lowest BCUT2D eigenvalue weighted by atomic mass is 10.1. The lowest BCUT2D eigenvalue weighted by Gasteiger charge is -2.28. The van der Waals surface area contributed by atoms with Gasteiger partial charge in [0, 0.05) is 19.2 Å². The van der Waals surface area contributed by atoms with Gasteiger partial charge in [-0.3, -0.25) is 5.32 Å². The predicted molar refractivity (Wildman–Crippen MR) is 85.7 cm³/mol. The molecule has 1 fully saturated rings. The van der Waals surface area contributed by atoms with Crippen molar-refractivity contribution in [3.8, 4) is 0 Å². The summed E-state index contributed by atoms with van der Waals surface area (Å²) in [6, 6.07) is 4.01. The monoisotopic (exact) mass is 332 g/mol. The average molecular weight is 333 g/mol. The van der Waals surface area contributed by atoms with E-state index in [1.54, 1.807) is 0 Å². The number of nitrogens with two attached hydrogens (primary N) is 1. The fraction of sp³-hybridized carbons (Fsp3) is 0.412. The van der Waals surface area contributed by atoms with Gasteiger partial charge in [0.15, 0.2) is 17.3 Å². The average Bonchev–Trinajstić information content (AvgIpc) is 3.13. The summed E-state index contributed by atoms with van der Waals surface area (Å²) < 4.78 is 5.75. The van der Waals surface area contributed by atoms with E-state index < -0.39 is 0 Å². The largest absolute Gasteiger partial charge is 1.00 e. The summed E-state index contributed by atoms with van der Waals surface area (Å²) in [4.78, 5) is 11.7. The van der Waals surface area contributed by atoms with Gasteiger partial charge in [-0.1, -0.05) is 0 Å². The van der Waals surface area contributed by atoms with Crippen LogP contribution in [0.1, 0.15) is 42.3 Å². The Balaban J connectivity index is 0.00000156. The Morgan fingerprint density at radius 1 is 1.09 bits per heavy atom. The second kappa shape index (κ2) is 6.34. The third kappa shape index (κ3) is 2.99. The van der Waals surface area contributed by atoms with E-state index in [9.17, 15) is 0 Å². The number of piperidine rings is 1. The molecule has 4 rings (SSSR count). The van der Waals surface area contributed by atoms with Crippen LogP contribution < -0.4 is 22.6 Å². The van der Waals surface area contributed by atoms with Gasteiger partial charge in [0.1, 0.15) is 17.3 Å². The lowest BCUT2D eigenvalue weighted by Crippen LogP contribution is -3.00. The molecule has 0 atom stereocenters. The van der Waals surface area contributed by atoms with E-state index in [1.165, 1.54) is 19.3 Å². The minimum atomic E-state index is 0. The fourth-order valence-corrected chi connectivity index (χ4v) is 3.26. The Kier molecular flexibility index (Phi) is 4.41. The summed E-state index contributed by atoms with van der Waals surface area (Å²) in [5, 5.41) is 2.16. The van der Waals surface area contributed by atoms with Crippen molar-refractivity contribution < 1.29 is 22.1 Å². The number of aryl methyl sites for hydroxylation is 2. The highest BCUT2D eigenvalue weighted by Gasteiger charge is 2.30. The van der Waals surface area contributed by atoms with Gasteiger partial charge in [-0.2, -0.15) is 0 Å². The SMILES string of the molecule is Cc1nc2c(c(N3CCCCC3)n1)[NH2+]C(c1ccc(C)o1)=C2.[Cl-]. The maximum absolute atomic E-state index is 5.75. The molecule has 5 nitrogen and oxygen atoms in total. The van der Waals surface area contributed by atoms with Crippen molar-refractivity contribution in [3.63, 3.8) is 0 Å². The van der Waals surface area contributed by atoms with Gasteiger partial charge in [0.2, 0.25) is 5.69 Å². The number of aromatic nitrogens is 2. The molecule has 0 amide bonds. The summed E-state index contributed by atoms with van der Waals surface area (Å²) in [6.07, 6.45) is 5.92. The lowest BCUT2D eigenvalue weighted by molar-refractivity contribution is -0.465. The smallest absolute Gasteiger partial charge is 0.204 e. The molecule has 0 radical (unpaired) electrons. The van der Waals surface area contributed by atoms with Crippen molar-refractivity contribution in [3.05, 3.63) is 35.2 Å². The molecule has 0 saturated carbocycles. The molecule has 0 unspecified atom stereocenters. The molecule has 2 N–H and O–H groups in total. The summed E-state index contributed by atoms with van der Waals surface area (Å²) in [5.41, 5.74) is 3.23. The minimum absolute atomic E-state index is 0. The molecule has 0 aromatic carbocycles. The third-order valence-corrected chi connectivity index (χ3v) is 4.34. The molecule has 0 aliphatic carbocycles. The normalized spacial score (nSPS) is 16.8. The van der Waals surface area contributed by atoms with Gasteiger partial charge in [-0.05, 0) is 45.2 Å². The van der Waals surface area contributed by atoms with Crippen LogP contribution in [0.4, 0.5) is 11.5 Å². The number of hydrogen-bond donors (Lipinski definition) is 1. The maximum Gasteiger partial charge on any atom is 0.204 e. The summed E-state index contributed by atoms with van der Waals surface area (Å²) in [7, 11) is 0. The van der Waals surface area contributed by atoms with Crippen molar-refractivity contribution in [1.29, 1.82) is 0 Å². The number of hydrogen-bond acceptors (Lipinski definition) is 4. The minimum Gasteiger partial charge on any atom is -1.00 e. The third-order valence-electron chi connectivity index (χ3n) is 4.34. The molecular formula is C17H21ClN4O. The highest BCUT2D eigenvalue weighted by Crippen LogP contribution is 2.31. The number of anilines is 1. The molecule has 2 aromatic heterocycles. The number of furan rings is 1. The Bertz CT molecular complexity index is 747. The first-order chi connectivity index (χ1) is 10.7. The molecule has 122 valence electrons. The zero-order chi connectivity index (χ0) is 15.1. The fourth-order valence-electron chi connectivity index (χ4n) is 3.26. The number of rotatable bonds is 2. The Hall–Kier alpha value is -1.85. The first-order valence-corrected chi connectivity index (χ1v) is 7.97. The molecule has 0 spiro atoms. The number of quaternary nitrogens is 1. The van der Waals surface area contributed by atoms with E-state index in [4.69, 9.17) is 9.40 Å². The zero-order valence-electron chi connectivity index (χ0n) is 13.5. The van der Waals surface area contributed by atoms with E-state index in [2.05, 4.69) is 21.3 Å². The number of fused-ring (bicyclic) bond motifs is 1. The molecular weight excluding hydrogens is 312 g/mol. The molecule has 1 saturated heterocycles. The van der Waals surface area contributed by atoms with Crippen LogP contribution in [0.25, 0.3) is 11.8 Å². The predicted octanol–water partition coefficient (Wildman–Crippen LogP) is -0.613. The Morgan fingerprint density at radius 2 is 1.87 bits per heavy atom. The zero-order valence-corrected chi connectivity index (χ0v) is 14.2. The van der Waals surface area contributed by atoms with Crippen LogP contribution in [0, 0.1) is 13.8 Å². The summed E-state index contributed by atoms with van der Waals surface area (Å²) in [6.45, 7) is 6.11. The summed E-state index contributed by atoms with van der Waals surface area (Å²) >= 11 is 0. The van der Waals surface area contributed by atoms with Crippen LogP contribution in [0.5, 0.6) is 0 Å². The Labute approximate surface area is 142 Å². The standard InChI is InChI=1S/C17H20N4O.ClH/c1-11-6-7-15(22-11)13-10-14-16(20-13)17(19-12(2)18-14)21-8-4-3-5-9-21;/h6-7,10,20H,3-5,8-9H2,1-2H3;1H. The van der Waals surface area contributed by atoms with Crippen molar-refractivity contribution in [2.45, 2.75) is 33.1 Å². The Morgan fingerprint density at radius 3 is 2.57 bits per heavy atom. The van der Waals surface area contributed by atoms with Crippen molar-refractivity contribution in [1.82, 2.24) is 9.97 Å². The van der Waals surface area contributed by atoms with Crippen LogP contribution in [-0.2, 0) is 0 Å². The molecule has 2 aliphatic rings. The van der Waals surface area contributed by atoms with Gasteiger partial charge in [0.25, 0.3) is 0 Å². The quantitative estimate of drug-likeness (QED) is 0.797. The first kappa shape index (κ1) is 16.0. The second-order valence-electron chi connectivity index (χ2n) is 6.10. The van der Waals surface area contributed by atoms with Crippen molar-refractivity contribution >= 4 is 23.3 Å². The van der Waals surface area contributed by atoms with Crippen LogP contribution in [0.3, 0.4) is 0 Å². The highest BCUT2D eigenvalue weighted by atomic mass is 35.5. The molecule has 6 heteroatoms. The van der Waals surface area contributed by atoms with E-state index in [0.29, 0.717) is 0 Å². The van der Waals surface area contributed by atoms with Gasteiger partial charge in [-0.25, -0.2) is 9.97 Å². The summed E-state index contributed by atoms with van der Waals surface area (Å²) in [5.74, 6) is 3.74. The van der Waals surface area contributed by atoms with Crippen LogP contribution in [0.15, 0.2) is 16.5 Å². The van der Waals surface area contributed by atoms with Gasteiger partial charge in [-0.15, -0.1) is 0 Å². The van der Waals surface area contributed by atoms with E-state index >= 15 is 0 Å². The van der Waals surface area contributed by atoms with Gasteiger partial charge in [0.05, 0.1) is 0 Å². The highest BCUT2D eigenvalue weighted by molar-refractivity contribution is 5.84. The topological polar surface area (TPSA) is 58.8 Å². The second-order valence-corrected chi connectivity index (χ2v) is 6.10. The van der Waals surface area contributed by atoms with Crippen molar-refractivity contribution in [2.75, 3.05) is 18.0 Å². The molecule has 0 bridgehead atoms. The molecule has 23 heavy (non-hydrogen) atoms. The van der Waals surface area contributed by atoms with E-state index in [0.717, 1.165) is 53.3 Å². The van der Waals surface area contributed by atoms with Gasteiger partial charge >= 0.3 is 0 Å². The van der Waals surface area contributed by atoms with Gasteiger partial charge < -0.3 is 21.7 Å². The van der Waals surface area contributed by atoms with Crippen LogP contribution >= 0.6 is 0 Å². The number of nitrogens with zero attached hydrogens (tertiary/aromatic N) is 3. The number of halogens is 1. The first-order valence-electron chi connectivity index (χ1n) is 7.97. The van der Waals surface area contributed by atoms with Crippen LogP contribution in [-0.4, -0.2) is 23.1 Å². The van der Waals surface area contributed by atoms with Crippen LogP contribution in [0.2, 0.25) is 0 Å².